The second-order valence-corrected chi connectivity index (χ2v) is 8.23. The van der Waals surface area contributed by atoms with Crippen LogP contribution in [-0.2, 0) is 17.8 Å². The molecule has 0 bridgehead atoms. The topological polar surface area (TPSA) is 95.4 Å². The van der Waals surface area contributed by atoms with Gasteiger partial charge >= 0.3 is 11.7 Å². The van der Waals surface area contributed by atoms with E-state index < -0.39 is 12.0 Å². The number of aliphatic carboxylic acids is 1. The summed E-state index contributed by atoms with van der Waals surface area (Å²) in [5.74, 6) is -1.35. The van der Waals surface area contributed by atoms with Crippen LogP contribution in [0.3, 0.4) is 0 Å². The fourth-order valence-corrected chi connectivity index (χ4v) is 4.91. The summed E-state index contributed by atoms with van der Waals surface area (Å²) in [4.78, 5) is 42.0. The van der Waals surface area contributed by atoms with Crippen LogP contribution >= 0.6 is 0 Å². The number of carboxylic acids is 1. The van der Waals surface area contributed by atoms with E-state index in [2.05, 4.69) is 4.98 Å². The summed E-state index contributed by atoms with van der Waals surface area (Å²) in [7, 11) is 0. The normalized spacial score (nSPS) is 19.2. The number of carboxylic acid groups (broad SMARTS) is 1. The van der Waals surface area contributed by atoms with Gasteiger partial charge in [-0.05, 0) is 42.2 Å². The molecule has 2 N–H and O–H groups in total. The maximum Gasteiger partial charge on any atom is 0.326 e. The van der Waals surface area contributed by atoms with Crippen LogP contribution in [0.25, 0.3) is 11.0 Å². The fraction of sp³-hybridized carbons (Fsp3) is 0.348. The molecule has 0 radical (unpaired) electrons. The predicted octanol–water partition coefficient (Wildman–Crippen LogP) is 3.10. The van der Waals surface area contributed by atoms with Gasteiger partial charge < -0.3 is 15.0 Å². The van der Waals surface area contributed by atoms with Gasteiger partial charge in [-0.1, -0.05) is 37.1 Å². The SMILES string of the molecule is O=C(O)C1Cc2ccccc2CN1C(=O)c1ccc2c(c1)[nH]c(=O)n2C1CCCC1. The van der Waals surface area contributed by atoms with Gasteiger partial charge in [-0.3, -0.25) is 9.36 Å². The molecule has 0 spiro atoms. The van der Waals surface area contributed by atoms with Crippen LogP contribution in [0.15, 0.2) is 47.3 Å². The molecule has 5 rings (SSSR count). The highest BCUT2D eigenvalue weighted by Crippen LogP contribution is 2.31. The number of hydrogen-bond donors (Lipinski definition) is 2. The Kier molecular flexibility index (Phi) is 4.46. The van der Waals surface area contributed by atoms with Crippen molar-refractivity contribution in [3.05, 3.63) is 69.6 Å². The minimum absolute atomic E-state index is 0.156. The Morgan fingerprint density at radius 3 is 2.50 bits per heavy atom. The molecule has 1 unspecified atom stereocenters. The van der Waals surface area contributed by atoms with E-state index in [1.165, 1.54) is 4.90 Å². The summed E-state index contributed by atoms with van der Waals surface area (Å²) in [6.07, 6.45) is 4.50. The Morgan fingerprint density at radius 2 is 1.77 bits per heavy atom. The number of nitrogens with one attached hydrogen (secondary N) is 1. The number of benzene rings is 2. The number of carbonyl (C=O) groups excluding carboxylic acids is 1. The van der Waals surface area contributed by atoms with Crippen molar-refractivity contribution >= 4 is 22.9 Å². The Bertz CT molecular complexity index is 1200. The second-order valence-electron chi connectivity index (χ2n) is 8.23. The number of fused-ring (bicyclic) bond motifs is 2. The Labute approximate surface area is 172 Å². The highest BCUT2D eigenvalue weighted by molar-refractivity contribution is 5.99. The van der Waals surface area contributed by atoms with E-state index in [9.17, 15) is 19.5 Å². The zero-order valence-electron chi connectivity index (χ0n) is 16.5. The van der Waals surface area contributed by atoms with Gasteiger partial charge in [0.15, 0.2) is 0 Å². The summed E-state index contributed by atoms with van der Waals surface area (Å²) >= 11 is 0. The number of hydrogen-bond acceptors (Lipinski definition) is 3. The van der Waals surface area contributed by atoms with Crippen LogP contribution in [0.5, 0.6) is 0 Å². The van der Waals surface area contributed by atoms with E-state index in [4.69, 9.17) is 0 Å². The summed E-state index contributed by atoms with van der Waals surface area (Å²) < 4.78 is 1.80. The lowest BCUT2D eigenvalue weighted by atomic mass is 9.93. The van der Waals surface area contributed by atoms with Crippen molar-refractivity contribution in [3.63, 3.8) is 0 Å². The van der Waals surface area contributed by atoms with Crippen molar-refractivity contribution < 1.29 is 14.7 Å². The molecule has 1 atom stereocenters. The van der Waals surface area contributed by atoms with Crippen LogP contribution in [0.1, 0.15) is 53.2 Å². The lowest BCUT2D eigenvalue weighted by Gasteiger charge is -2.34. The van der Waals surface area contributed by atoms with E-state index in [1.54, 1.807) is 22.8 Å². The van der Waals surface area contributed by atoms with Crippen molar-refractivity contribution in [2.45, 2.75) is 50.7 Å². The van der Waals surface area contributed by atoms with Crippen LogP contribution < -0.4 is 5.69 Å². The summed E-state index contributed by atoms with van der Waals surface area (Å²) in [5.41, 5.74) is 3.56. The van der Waals surface area contributed by atoms with E-state index >= 15 is 0 Å². The summed E-state index contributed by atoms with van der Waals surface area (Å²) in [5, 5.41) is 9.72. The molecule has 3 aromatic rings. The number of H-pyrrole nitrogens is 1. The number of rotatable bonds is 3. The zero-order valence-corrected chi connectivity index (χ0v) is 16.5. The lowest BCUT2D eigenvalue weighted by Crippen LogP contribution is -2.48. The zero-order chi connectivity index (χ0) is 20.8. The summed E-state index contributed by atoms with van der Waals surface area (Å²) in [6, 6.07) is 12.1. The fourth-order valence-electron chi connectivity index (χ4n) is 4.91. The van der Waals surface area contributed by atoms with Gasteiger partial charge in [-0.25, -0.2) is 9.59 Å². The molecule has 1 fully saturated rings. The van der Waals surface area contributed by atoms with Crippen molar-refractivity contribution in [2.75, 3.05) is 0 Å². The monoisotopic (exact) mass is 405 g/mol. The van der Waals surface area contributed by atoms with Gasteiger partial charge in [0.05, 0.1) is 11.0 Å². The third-order valence-electron chi connectivity index (χ3n) is 6.45. The van der Waals surface area contributed by atoms with Gasteiger partial charge in [0, 0.05) is 24.6 Å². The predicted molar refractivity (Wildman–Crippen MR) is 112 cm³/mol. The first-order valence-electron chi connectivity index (χ1n) is 10.4. The number of nitrogens with zero attached hydrogens (tertiary/aromatic N) is 2. The molecule has 7 nitrogen and oxygen atoms in total. The Morgan fingerprint density at radius 1 is 1.03 bits per heavy atom. The number of carbonyl (C=O) groups is 2. The van der Waals surface area contributed by atoms with E-state index in [0.29, 0.717) is 11.1 Å². The molecule has 1 aromatic heterocycles. The molecular formula is C23H23N3O4. The molecule has 30 heavy (non-hydrogen) atoms. The van der Waals surface area contributed by atoms with Crippen LogP contribution in [0, 0.1) is 0 Å². The third kappa shape index (κ3) is 3.01. The van der Waals surface area contributed by atoms with Crippen LogP contribution in [0.2, 0.25) is 0 Å². The molecule has 2 heterocycles. The molecule has 7 heteroatoms. The molecule has 1 aliphatic carbocycles. The second kappa shape index (κ2) is 7.16. The average molecular weight is 405 g/mol. The quantitative estimate of drug-likeness (QED) is 0.700. The standard InChI is InChI=1S/C23H23N3O4/c27-21(25-13-16-6-2-1-5-14(16)12-20(25)22(28)29)15-9-10-19-18(11-15)24-23(30)26(19)17-7-3-4-8-17/h1-2,5-6,9-11,17,20H,3-4,7-8,12-13H2,(H,24,30)(H,28,29). The Balaban J connectivity index is 1.51. The molecule has 1 saturated carbocycles. The smallest absolute Gasteiger partial charge is 0.326 e. The number of aromatic nitrogens is 2. The molecule has 0 saturated heterocycles. The van der Waals surface area contributed by atoms with Crippen molar-refractivity contribution in [1.82, 2.24) is 14.5 Å². The van der Waals surface area contributed by atoms with Gasteiger partial charge in [0.2, 0.25) is 0 Å². The summed E-state index contributed by atoms with van der Waals surface area (Å²) in [6.45, 7) is 0.254. The maximum absolute atomic E-state index is 13.3. The minimum Gasteiger partial charge on any atom is -0.480 e. The highest BCUT2D eigenvalue weighted by Gasteiger charge is 2.35. The maximum atomic E-state index is 13.3. The van der Waals surface area contributed by atoms with Gasteiger partial charge in [-0.15, -0.1) is 0 Å². The molecular weight excluding hydrogens is 382 g/mol. The van der Waals surface area contributed by atoms with E-state index in [-0.39, 0.29) is 30.6 Å². The van der Waals surface area contributed by atoms with Crippen molar-refractivity contribution in [2.24, 2.45) is 0 Å². The molecule has 1 aliphatic heterocycles. The van der Waals surface area contributed by atoms with Gasteiger partial charge in [0.25, 0.3) is 5.91 Å². The number of imidazole rings is 1. The molecule has 1 amide bonds. The van der Waals surface area contributed by atoms with Crippen LogP contribution in [-0.4, -0.2) is 37.5 Å². The molecule has 2 aliphatic rings. The Hall–Kier alpha value is -3.35. The average Bonchev–Trinajstić information content (AvgIpc) is 3.38. The largest absolute Gasteiger partial charge is 0.480 e. The number of aromatic amines is 1. The van der Waals surface area contributed by atoms with Crippen LogP contribution in [0.4, 0.5) is 0 Å². The molecule has 2 aromatic carbocycles. The van der Waals surface area contributed by atoms with Gasteiger partial charge in [0.1, 0.15) is 6.04 Å². The highest BCUT2D eigenvalue weighted by atomic mass is 16.4. The third-order valence-corrected chi connectivity index (χ3v) is 6.45. The van der Waals surface area contributed by atoms with E-state index in [0.717, 1.165) is 42.3 Å². The molecule has 154 valence electrons. The van der Waals surface area contributed by atoms with E-state index in [1.807, 2.05) is 24.3 Å². The van der Waals surface area contributed by atoms with Crippen molar-refractivity contribution in [1.29, 1.82) is 0 Å². The number of amides is 1. The first-order chi connectivity index (χ1) is 14.5. The first kappa shape index (κ1) is 18.7. The minimum atomic E-state index is -1.01. The lowest BCUT2D eigenvalue weighted by molar-refractivity contribution is -0.142. The van der Waals surface area contributed by atoms with Crippen molar-refractivity contribution in [3.8, 4) is 0 Å². The first-order valence-corrected chi connectivity index (χ1v) is 10.4. The van der Waals surface area contributed by atoms with Gasteiger partial charge in [-0.2, -0.15) is 0 Å².